The van der Waals surface area contributed by atoms with Gasteiger partial charge in [0.15, 0.2) is 0 Å². The SMILES string of the molecule is CN1CCN(Cc2ccc(NC(=O)Nc3ccc(Oc4cc(N(C=O)C5CC5)ncn4)cc3)cc2C(F)(F)F)CC1. The summed E-state index contributed by atoms with van der Waals surface area (Å²) in [7, 11) is 1.99. The Hall–Kier alpha value is -4.23. The molecule has 1 aliphatic heterocycles. The number of halogens is 3. The standard InChI is InChI=1S/C28H30F3N7O3/c1-36-10-12-37(13-11-36)16-19-2-3-21(14-24(19)28(29,30)31)35-27(40)34-20-4-8-23(9-5-20)41-26-15-25(32-17-33-26)38(18-39)22-6-7-22/h2-5,8-9,14-15,17-18,22H,6-7,10-13,16H2,1H3,(H2,34,35,40). The van der Waals surface area contributed by atoms with Crippen LogP contribution in [-0.4, -0.2) is 71.5 Å². The van der Waals surface area contributed by atoms with Crippen molar-refractivity contribution in [3.63, 3.8) is 0 Å². The molecule has 0 bridgehead atoms. The normalized spacial score (nSPS) is 16.2. The fraction of sp³-hybridized carbons (Fsp3) is 0.357. The summed E-state index contributed by atoms with van der Waals surface area (Å²) in [5.41, 5.74) is -0.156. The number of amides is 3. The summed E-state index contributed by atoms with van der Waals surface area (Å²) in [6, 6.07) is 11.3. The van der Waals surface area contributed by atoms with Crippen molar-refractivity contribution in [2.24, 2.45) is 0 Å². The second-order valence-corrected chi connectivity index (χ2v) is 10.1. The molecule has 1 aliphatic carbocycles. The number of hydrogen-bond acceptors (Lipinski definition) is 7. The van der Waals surface area contributed by atoms with Gasteiger partial charge in [0.2, 0.25) is 12.3 Å². The third kappa shape index (κ3) is 7.50. The second kappa shape index (κ2) is 12.1. The molecule has 216 valence electrons. The Balaban J connectivity index is 1.19. The molecule has 2 fully saturated rings. The average Bonchev–Trinajstić information content (AvgIpc) is 3.77. The van der Waals surface area contributed by atoms with E-state index in [2.05, 4.69) is 25.5 Å². The number of benzene rings is 2. The summed E-state index contributed by atoms with van der Waals surface area (Å²) in [4.78, 5) is 37.8. The second-order valence-electron chi connectivity index (χ2n) is 10.1. The van der Waals surface area contributed by atoms with Gasteiger partial charge in [-0.2, -0.15) is 13.2 Å². The van der Waals surface area contributed by atoms with Gasteiger partial charge >= 0.3 is 12.2 Å². The van der Waals surface area contributed by atoms with E-state index in [9.17, 15) is 22.8 Å². The van der Waals surface area contributed by atoms with E-state index >= 15 is 0 Å². The fourth-order valence-electron chi connectivity index (χ4n) is 4.53. The molecule has 10 nitrogen and oxygen atoms in total. The van der Waals surface area contributed by atoms with Crippen molar-refractivity contribution in [1.82, 2.24) is 19.8 Å². The van der Waals surface area contributed by atoms with Crippen molar-refractivity contribution in [3.05, 3.63) is 66.0 Å². The first-order valence-corrected chi connectivity index (χ1v) is 13.2. The van der Waals surface area contributed by atoms with Crippen LogP contribution in [0.4, 0.5) is 35.2 Å². The zero-order valence-electron chi connectivity index (χ0n) is 22.4. The lowest BCUT2D eigenvalue weighted by molar-refractivity contribution is -0.138. The molecule has 1 saturated carbocycles. The number of hydrogen-bond donors (Lipinski definition) is 2. The Morgan fingerprint density at radius 3 is 2.37 bits per heavy atom. The first-order valence-electron chi connectivity index (χ1n) is 13.2. The molecule has 0 spiro atoms. The van der Waals surface area contributed by atoms with Crippen molar-refractivity contribution in [2.75, 3.05) is 48.8 Å². The molecule has 2 heterocycles. The number of nitrogens with zero attached hydrogens (tertiary/aromatic N) is 5. The third-order valence-electron chi connectivity index (χ3n) is 6.94. The highest BCUT2D eigenvalue weighted by Crippen LogP contribution is 2.35. The van der Waals surface area contributed by atoms with Crippen LogP contribution in [0.25, 0.3) is 0 Å². The van der Waals surface area contributed by atoms with Gasteiger partial charge < -0.3 is 20.3 Å². The van der Waals surface area contributed by atoms with Crippen LogP contribution in [0.5, 0.6) is 11.6 Å². The summed E-state index contributed by atoms with van der Waals surface area (Å²) in [6.07, 6.45) is -0.658. The van der Waals surface area contributed by atoms with Crippen LogP contribution in [0, 0.1) is 0 Å². The molecule has 0 unspecified atom stereocenters. The quantitative estimate of drug-likeness (QED) is 0.357. The number of piperazine rings is 1. The third-order valence-corrected chi connectivity index (χ3v) is 6.94. The van der Waals surface area contributed by atoms with E-state index in [4.69, 9.17) is 4.74 Å². The van der Waals surface area contributed by atoms with E-state index < -0.39 is 17.8 Å². The minimum Gasteiger partial charge on any atom is -0.439 e. The molecule has 0 radical (unpaired) electrons. The number of alkyl halides is 3. The van der Waals surface area contributed by atoms with Gasteiger partial charge in [0.1, 0.15) is 17.9 Å². The van der Waals surface area contributed by atoms with Gasteiger partial charge in [-0.1, -0.05) is 6.07 Å². The van der Waals surface area contributed by atoms with Crippen molar-refractivity contribution in [1.29, 1.82) is 0 Å². The van der Waals surface area contributed by atoms with E-state index in [-0.39, 0.29) is 29.7 Å². The number of aromatic nitrogens is 2. The highest BCUT2D eigenvalue weighted by Gasteiger charge is 2.34. The number of nitrogens with one attached hydrogen (secondary N) is 2. The van der Waals surface area contributed by atoms with Crippen LogP contribution in [0.2, 0.25) is 0 Å². The molecule has 3 aromatic rings. The van der Waals surface area contributed by atoms with Crippen molar-refractivity contribution < 1.29 is 27.5 Å². The maximum atomic E-state index is 13.8. The Kier molecular flexibility index (Phi) is 8.36. The van der Waals surface area contributed by atoms with Gasteiger partial charge in [-0.25, -0.2) is 14.8 Å². The lowest BCUT2D eigenvalue weighted by Crippen LogP contribution is -2.44. The van der Waals surface area contributed by atoms with E-state index in [1.807, 2.05) is 11.9 Å². The van der Waals surface area contributed by atoms with Crippen LogP contribution in [0.15, 0.2) is 54.9 Å². The van der Waals surface area contributed by atoms with Crippen LogP contribution in [-0.2, 0) is 17.5 Å². The van der Waals surface area contributed by atoms with Crippen molar-refractivity contribution in [2.45, 2.75) is 31.6 Å². The highest BCUT2D eigenvalue weighted by atomic mass is 19.4. The van der Waals surface area contributed by atoms with Gasteiger partial charge in [-0.3, -0.25) is 14.6 Å². The zero-order valence-corrected chi connectivity index (χ0v) is 22.4. The van der Waals surface area contributed by atoms with E-state index in [1.54, 1.807) is 35.2 Å². The molecular formula is C28H30F3N7O3. The minimum absolute atomic E-state index is 0.0343. The number of rotatable bonds is 9. The Bertz CT molecular complexity index is 1380. The number of ether oxygens (including phenoxy) is 1. The van der Waals surface area contributed by atoms with Crippen molar-refractivity contribution >= 4 is 29.6 Å². The predicted octanol–water partition coefficient (Wildman–Crippen LogP) is 4.80. The summed E-state index contributed by atoms with van der Waals surface area (Å²) >= 11 is 0. The molecule has 2 aromatic carbocycles. The highest BCUT2D eigenvalue weighted by molar-refractivity contribution is 5.99. The molecule has 1 saturated heterocycles. The van der Waals surface area contributed by atoms with Crippen LogP contribution >= 0.6 is 0 Å². The van der Waals surface area contributed by atoms with Gasteiger partial charge in [0, 0.05) is 56.2 Å². The van der Waals surface area contributed by atoms with Crippen LogP contribution < -0.4 is 20.3 Å². The smallest absolute Gasteiger partial charge is 0.416 e. The number of carbonyl (C=O) groups excluding carboxylic acids is 2. The molecule has 2 aliphatic rings. The fourth-order valence-corrected chi connectivity index (χ4v) is 4.53. The van der Waals surface area contributed by atoms with E-state index in [1.165, 1.54) is 18.5 Å². The van der Waals surface area contributed by atoms with Crippen molar-refractivity contribution in [3.8, 4) is 11.6 Å². The molecule has 5 rings (SSSR count). The lowest BCUT2D eigenvalue weighted by atomic mass is 10.0. The molecule has 13 heteroatoms. The molecule has 1 aromatic heterocycles. The maximum Gasteiger partial charge on any atom is 0.416 e. The summed E-state index contributed by atoms with van der Waals surface area (Å²) in [5, 5.41) is 5.08. The summed E-state index contributed by atoms with van der Waals surface area (Å²) in [6.45, 7) is 3.18. The number of anilines is 3. The van der Waals surface area contributed by atoms with Gasteiger partial charge in [0.05, 0.1) is 5.56 Å². The Morgan fingerprint density at radius 1 is 1.02 bits per heavy atom. The zero-order chi connectivity index (χ0) is 29.0. The monoisotopic (exact) mass is 569 g/mol. The Morgan fingerprint density at radius 2 is 1.71 bits per heavy atom. The molecule has 0 atom stereocenters. The predicted molar refractivity (Wildman–Crippen MR) is 147 cm³/mol. The van der Waals surface area contributed by atoms with Crippen LogP contribution in [0.3, 0.4) is 0 Å². The van der Waals surface area contributed by atoms with E-state index in [0.29, 0.717) is 30.3 Å². The maximum absolute atomic E-state index is 13.8. The summed E-state index contributed by atoms with van der Waals surface area (Å²) < 4.78 is 47.3. The average molecular weight is 570 g/mol. The molecule has 2 N–H and O–H groups in total. The van der Waals surface area contributed by atoms with Gasteiger partial charge in [-0.05, 0) is 61.9 Å². The van der Waals surface area contributed by atoms with E-state index in [0.717, 1.165) is 38.4 Å². The van der Waals surface area contributed by atoms with Crippen LogP contribution in [0.1, 0.15) is 24.0 Å². The first-order chi connectivity index (χ1) is 19.7. The lowest BCUT2D eigenvalue weighted by Gasteiger charge is -2.33. The number of likely N-dealkylation sites (N-methyl/N-ethyl adjacent to an activating group) is 1. The minimum atomic E-state index is -4.56. The Labute approximate surface area is 235 Å². The van der Waals surface area contributed by atoms with Gasteiger partial charge in [0.25, 0.3) is 0 Å². The number of carbonyl (C=O) groups is 2. The first kappa shape index (κ1) is 28.3. The topological polar surface area (TPSA) is 103 Å². The molecular weight excluding hydrogens is 539 g/mol. The largest absolute Gasteiger partial charge is 0.439 e. The number of urea groups is 1. The molecule has 3 amide bonds. The van der Waals surface area contributed by atoms with Gasteiger partial charge in [-0.15, -0.1) is 0 Å². The summed E-state index contributed by atoms with van der Waals surface area (Å²) in [5.74, 6) is 1.12. The molecule has 41 heavy (non-hydrogen) atoms.